The van der Waals surface area contributed by atoms with Crippen LogP contribution in [-0.4, -0.2) is 5.97 Å². The second-order valence-corrected chi connectivity index (χ2v) is 0.746. The molecule has 0 saturated heterocycles. The molecule has 6 heavy (non-hydrogen) atoms. The molecule has 0 heterocycles. The highest BCUT2D eigenvalue weighted by molar-refractivity contribution is 5.66. The summed E-state index contributed by atoms with van der Waals surface area (Å²) >= 11 is 0. The first kappa shape index (κ1) is 5.12. The van der Waals surface area contributed by atoms with Gasteiger partial charge in [0.15, 0.2) is 0 Å². The Balaban J connectivity index is 3.05. The minimum Gasteiger partial charge on any atom is -0.386 e. The first-order valence-electron chi connectivity index (χ1n) is 1.48. The van der Waals surface area contributed by atoms with Crippen molar-refractivity contribution in [1.82, 2.24) is 0 Å². The molecule has 0 N–H and O–H groups in total. The van der Waals surface area contributed by atoms with E-state index in [-0.39, 0.29) is 0 Å². The zero-order valence-corrected chi connectivity index (χ0v) is 3.47. The van der Waals surface area contributed by atoms with Crippen LogP contribution in [0.2, 0.25) is 0 Å². The predicted octanol–water partition coefficient (Wildman–Crippen LogP) is 0.496. The van der Waals surface area contributed by atoms with Crippen molar-refractivity contribution < 1.29 is 9.53 Å². The van der Waals surface area contributed by atoms with E-state index in [1.807, 2.05) is 0 Å². The zero-order chi connectivity index (χ0) is 4.99. The van der Waals surface area contributed by atoms with Gasteiger partial charge in [-0.25, -0.2) is 0 Å². The van der Waals surface area contributed by atoms with Crippen molar-refractivity contribution in [2.24, 2.45) is 0 Å². The second kappa shape index (κ2) is 2.36. The van der Waals surface area contributed by atoms with Gasteiger partial charge in [0.2, 0.25) is 6.58 Å². The Kier molecular flexibility index (Phi) is 2.02. The van der Waals surface area contributed by atoms with Crippen molar-refractivity contribution in [2.45, 2.75) is 6.92 Å². The van der Waals surface area contributed by atoms with Crippen LogP contribution in [0.25, 0.3) is 0 Å². The lowest BCUT2D eigenvalue weighted by Crippen LogP contribution is -1.87. The number of hydrogen-bond donors (Lipinski definition) is 0. The molecule has 0 aromatic carbocycles. The highest BCUT2D eigenvalue weighted by Gasteiger charge is 1.84. The molecule has 0 amide bonds. The molecule has 0 bridgehead atoms. The smallest absolute Gasteiger partial charge is 0.332 e. The molecule has 0 aliphatic carbocycles. The monoisotopic (exact) mass is 85.0 g/mol. The van der Waals surface area contributed by atoms with Crippen LogP contribution in [0.3, 0.4) is 0 Å². The van der Waals surface area contributed by atoms with Crippen LogP contribution in [0.15, 0.2) is 6.26 Å². The summed E-state index contributed by atoms with van der Waals surface area (Å²) in [7, 11) is 0. The van der Waals surface area contributed by atoms with E-state index in [4.69, 9.17) is 0 Å². The summed E-state index contributed by atoms with van der Waals surface area (Å²) in [6.07, 6.45) is 0.850. The summed E-state index contributed by atoms with van der Waals surface area (Å²) in [6.45, 7) is 5.94. The zero-order valence-electron chi connectivity index (χ0n) is 3.47. The third kappa shape index (κ3) is 3.12. The number of carbonyl (C=O) groups excluding carboxylic acids is 1. The van der Waals surface area contributed by atoms with Crippen molar-refractivity contribution in [3.63, 3.8) is 0 Å². The lowest BCUT2D eigenvalue weighted by atomic mass is 10.8. The third-order valence-corrected chi connectivity index (χ3v) is 0.234. The van der Waals surface area contributed by atoms with E-state index >= 15 is 0 Å². The highest BCUT2D eigenvalue weighted by atomic mass is 16.5. The van der Waals surface area contributed by atoms with Crippen LogP contribution >= 0.6 is 0 Å². The SMILES string of the molecule is [CH+]=COC(C)=O. The van der Waals surface area contributed by atoms with Gasteiger partial charge in [0, 0.05) is 6.92 Å². The fourth-order valence-electron chi connectivity index (χ4n) is 0.0958. The van der Waals surface area contributed by atoms with Crippen LogP contribution in [0.5, 0.6) is 0 Å². The van der Waals surface area contributed by atoms with Gasteiger partial charge in [-0.3, -0.25) is 4.79 Å². The average Bonchev–Trinajstić information content (AvgIpc) is 1.35. The summed E-state index contributed by atoms with van der Waals surface area (Å²) in [6, 6.07) is 0. The van der Waals surface area contributed by atoms with Crippen LogP contribution < -0.4 is 0 Å². The van der Waals surface area contributed by atoms with Crippen LogP contribution in [0, 0.1) is 6.58 Å². The first-order valence-corrected chi connectivity index (χ1v) is 1.48. The van der Waals surface area contributed by atoms with E-state index in [1.54, 1.807) is 0 Å². The molecule has 0 aromatic rings. The van der Waals surface area contributed by atoms with E-state index in [9.17, 15) is 4.79 Å². The molecule has 0 aromatic heterocycles. The second-order valence-electron chi connectivity index (χ2n) is 0.746. The van der Waals surface area contributed by atoms with Gasteiger partial charge >= 0.3 is 12.2 Å². The number of carbonyl (C=O) groups is 1. The van der Waals surface area contributed by atoms with Crippen molar-refractivity contribution in [2.75, 3.05) is 0 Å². The number of ether oxygens (including phenoxy) is 1. The van der Waals surface area contributed by atoms with E-state index in [2.05, 4.69) is 11.3 Å². The Morgan fingerprint density at radius 3 is 2.50 bits per heavy atom. The van der Waals surface area contributed by atoms with Crippen molar-refractivity contribution in [1.29, 1.82) is 0 Å². The largest absolute Gasteiger partial charge is 0.386 e. The molecule has 0 spiro atoms. The maximum atomic E-state index is 9.71. The minimum absolute atomic E-state index is 0.391. The van der Waals surface area contributed by atoms with Gasteiger partial charge in [-0.2, -0.15) is 0 Å². The quantitative estimate of drug-likeness (QED) is 0.263. The average molecular weight is 85.1 g/mol. The maximum Gasteiger partial charge on any atom is 0.332 e. The molecule has 0 rings (SSSR count). The summed E-state index contributed by atoms with van der Waals surface area (Å²) < 4.78 is 4.06. The van der Waals surface area contributed by atoms with Crippen molar-refractivity contribution in [3.05, 3.63) is 12.8 Å². The molecule has 2 heteroatoms. The Morgan fingerprint density at radius 1 is 2.00 bits per heavy atom. The fourth-order valence-corrected chi connectivity index (χ4v) is 0.0958. The Labute approximate surface area is 36.4 Å². The summed E-state index contributed by atoms with van der Waals surface area (Å²) in [5.74, 6) is -0.391. The van der Waals surface area contributed by atoms with Crippen molar-refractivity contribution >= 4 is 5.97 Å². The van der Waals surface area contributed by atoms with Crippen molar-refractivity contribution in [3.8, 4) is 0 Å². The molecule has 0 unspecified atom stereocenters. The predicted molar refractivity (Wildman–Crippen MR) is 20.6 cm³/mol. The minimum atomic E-state index is -0.391. The Bertz CT molecular complexity index is 65.9. The molecule has 0 fully saturated rings. The molecular weight excluding hydrogens is 80.0 g/mol. The summed E-state index contributed by atoms with van der Waals surface area (Å²) in [5.41, 5.74) is 0. The molecule has 0 aliphatic rings. The van der Waals surface area contributed by atoms with Crippen LogP contribution in [0.4, 0.5) is 0 Å². The molecule has 0 radical (unpaired) electrons. The molecule has 0 saturated carbocycles. The van der Waals surface area contributed by atoms with Gasteiger partial charge in [0.1, 0.15) is 0 Å². The standard InChI is InChI=1S/C4H5O2/c1-3-6-4(2)5/h1,3H,2H3/q+1. The molecule has 0 atom stereocenters. The molecule has 32 valence electrons. The van der Waals surface area contributed by atoms with E-state index in [0.717, 1.165) is 6.26 Å². The lowest BCUT2D eigenvalue weighted by molar-refractivity contribution is -0.135. The van der Waals surface area contributed by atoms with Gasteiger partial charge in [-0.1, -0.05) is 0 Å². The maximum absolute atomic E-state index is 9.71. The third-order valence-electron chi connectivity index (χ3n) is 0.234. The van der Waals surface area contributed by atoms with Gasteiger partial charge < -0.3 is 4.74 Å². The van der Waals surface area contributed by atoms with E-state index in [0.29, 0.717) is 0 Å². The summed E-state index contributed by atoms with van der Waals surface area (Å²) in [4.78, 5) is 9.71. The van der Waals surface area contributed by atoms with Gasteiger partial charge in [0.25, 0.3) is 0 Å². The van der Waals surface area contributed by atoms with E-state index in [1.165, 1.54) is 6.92 Å². The Morgan fingerprint density at radius 2 is 2.50 bits per heavy atom. The normalized spacial score (nSPS) is 6.67. The molecular formula is C4H5O2+. The van der Waals surface area contributed by atoms with Crippen LogP contribution in [-0.2, 0) is 9.53 Å². The fraction of sp³-hybridized carbons (Fsp3) is 0.250. The Hall–Kier alpha value is -0.880. The van der Waals surface area contributed by atoms with Gasteiger partial charge in [-0.15, -0.1) is 0 Å². The number of esters is 1. The topological polar surface area (TPSA) is 26.3 Å². The van der Waals surface area contributed by atoms with Crippen LogP contribution in [0.1, 0.15) is 6.92 Å². The van der Waals surface area contributed by atoms with Gasteiger partial charge in [0.05, 0.1) is 0 Å². The van der Waals surface area contributed by atoms with E-state index < -0.39 is 5.97 Å². The first-order chi connectivity index (χ1) is 2.77. The molecule has 2 nitrogen and oxygen atoms in total. The van der Waals surface area contributed by atoms with Gasteiger partial charge in [-0.05, 0) is 0 Å². The molecule has 0 aliphatic heterocycles. The lowest BCUT2D eigenvalue weighted by Gasteiger charge is -1.77. The summed E-state index contributed by atoms with van der Waals surface area (Å²) in [5, 5.41) is 0. The highest BCUT2D eigenvalue weighted by Crippen LogP contribution is 1.70. The number of hydrogen-bond acceptors (Lipinski definition) is 2. The number of rotatable bonds is 1.